The van der Waals surface area contributed by atoms with Crippen molar-refractivity contribution in [3.8, 4) is 0 Å². The number of rotatable bonds is 5. The molecule has 1 aromatic heterocycles. The molecule has 2 aromatic carbocycles. The number of benzene rings is 2. The van der Waals surface area contributed by atoms with E-state index in [0.717, 1.165) is 10.0 Å². The maximum Gasteiger partial charge on any atom is 0.262 e. The number of fused-ring (bicyclic) bond motifs is 1. The Labute approximate surface area is 174 Å². The molecular formula is C19H17BrClN3O2S. The van der Waals surface area contributed by atoms with Gasteiger partial charge in [0.25, 0.3) is 5.56 Å². The lowest BCUT2D eigenvalue weighted by atomic mass is 10.2. The third-order valence-corrected chi connectivity index (χ3v) is 5.81. The molecular weight excluding hydrogens is 450 g/mol. The number of carbonyl (C=O) groups excluding carboxylic acids is 1. The lowest BCUT2D eigenvalue weighted by Crippen LogP contribution is -2.26. The number of aromatic nitrogens is 2. The van der Waals surface area contributed by atoms with Gasteiger partial charge in [0, 0.05) is 23.6 Å². The van der Waals surface area contributed by atoms with E-state index in [2.05, 4.69) is 20.9 Å². The lowest BCUT2D eigenvalue weighted by molar-refractivity contribution is -0.125. The van der Waals surface area contributed by atoms with Crippen LogP contribution in [0.25, 0.3) is 10.9 Å². The van der Waals surface area contributed by atoms with Crippen LogP contribution in [0.4, 0.5) is 0 Å². The van der Waals surface area contributed by atoms with E-state index in [1.54, 1.807) is 36.9 Å². The van der Waals surface area contributed by atoms with Gasteiger partial charge in [0.15, 0.2) is 5.16 Å². The first kappa shape index (κ1) is 19.9. The highest BCUT2D eigenvalue weighted by Gasteiger charge is 2.15. The molecule has 140 valence electrons. The van der Waals surface area contributed by atoms with Crippen LogP contribution in [0.5, 0.6) is 0 Å². The van der Waals surface area contributed by atoms with Gasteiger partial charge >= 0.3 is 0 Å². The van der Waals surface area contributed by atoms with Crippen molar-refractivity contribution < 1.29 is 4.79 Å². The van der Waals surface area contributed by atoms with Crippen molar-refractivity contribution in [1.82, 2.24) is 14.5 Å². The quantitative estimate of drug-likeness (QED) is 0.421. The van der Waals surface area contributed by atoms with Crippen LogP contribution in [0.15, 0.2) is 56.9 Å². The molecule has 0 aliphatic heterocycles. The maximum absolute atomic E-state index is 13.1. The van der Waals surface area contributed by atoms with Gasteiger partial charge in [-0.25, -0.2) is 4.98 Å². The van der Waals surface area contributed by atoms with Crippen molar-refractivity contribution in [2.45, 2.75) is 11.7 Å². The van der Waals surface area contributed by atoms with Crippen molar-refractivity contribution in [1.29, 1.82) is 0 Å². The minimum Gasteiger partial charge on any atom is -0.348 e. The van der Waals surface area contributed by atoms with Crippen LogP contribution < -0.4 is 5.56 Å². The van der Waals surface area contributed by atoms with Crippen LogP contribution in [0.2, 0.25) is 5.02 Å². The molecule has 1 amide bonds. The molecule has 0 aliphatic rings. The number of nitrogens with zero attached hydrogens (tertiary/aromatic N) is 3. The molecule has 0 atom stereocenters. The second-order valence-electron chi connectivity index (χ2n) is 6.12. The normalized spacial score (nSPS) is 11.0. The average Bonchev–Trinajstić information content (AvgIpc) is 2.64. The standard InChI is InChI=1S/C19H17BrClN3O2S/c1-23(2)17(25)11-27-19-22-16-8-7-13(20)9-14(16)18(26)24(19)10-12-5-3-4-6-15(12)21/h3-9H,10-11H2,1-2H3. The van der Waals surface area contributed by atoms with E-state index in [4.69, 9.17) is 11.6 Å². The van der Waals surface area contributed by atoms with Gasteiger partial charge < -0.3 is 4.90 Å². The van der Waals surface area contributed by atoms with Crippen LogP contribution in [0.3, 0.4) is 0 Å². The molecule has 0 saturated carbocycles. The zero-order valence-corrected chi connectivity index (χ0v) is 17.9. The predicted molar refractivity (Wildman–Crippen MR) is 114 cm³/mol. The van der Waals surface area contributed by atoms with Gasteiger partial charge in [-0.1, -0.05) is 57.5 Å². The molecule has 5 nitrogen and oxygen atoms in total. The van der Waals surface area contributed by atoms with Gasteiger partial charge in [-0.15, -0.1) is 0 Å². The largest absolute Gasteiger partial charge is 0.348 e. The van der Waals surface area contributed by atoms with Crippen molar-refractivity contribution in [3.63, 3.8) is 0 Å². The SMILES string of the molecule is CN(C)C(=O)CSc1nc2ccc(Br)cc2c(=O)n1Cc1ccccc1Cl. The Balaban J connectivity index is 2.10. The summed E-state index contributed by atoms with van der Waals surface area (Å²) in [5.41, 5.74) is 1.25. The molecule has 0 spiro atoms. The third kappa shape index (κ3) is 4.54. The smallest absolute Gasteiger partial charge is 0.262 e. The van der Waals surface area contributed by atoms with Crippen molar-refractivity contribution >= 4 is 56.1 Å². The second-order valence-corrected chi connectivity index (χ2v) is 8.38. The van der Waals surface area contributed by atoms with Crippen LogP contribution in [-0.4, -0.2) is 40.2 Å². The molecule has 0 N–H and O–H groups in total. The molecule has 1 heterocycles. The first-order valence-electron chi connectivity index (χ1n) is 8.13. The van der Waals surface area contributed by atoms with Crippen molar-refractivity contribution in [2.24, 2.45) is 0 Å². The minimum absolute atomic E-state index is 0.0468. The van der Waals surface area contributed by atoms with E-state index in [9.17, 15) is 9.59 Å². The highest BCUT2D eigenvalue weighted by atomic mass is 79.9. The Kier molecular flexibility index (Phi) is 6.24. The molecule has 0 unspecified atom stereocenters. The Morgan fingerprint density at radius 2 is 2.00 bits per heavy atom. The molecule has 8 heteroatoms. The van der Waals surface area contributed by atoms with Gasteiger partial charge in [0.2, 0.25) is 5.91 Å². The summed E-state index contributed by atoms with van der Waals surface area (Å²) in [4.78, 5) is 31.3. The van der Waals surface area contributed by atoms with Gasteiger partial charge in [-0.3, -0.25) is 14.2 Å². The third-order valence-electron chi connectivity index (χ3n) is 3.99. The Morgan fingerprint density at radius 3 is 2.70 bits per heavy atom. The lowest BCUT2D eigenvalue weighted by Gasteiger charge is -2.15. The summed E-state index contributed by atoms with van der Waals surface area (Å²) < 4.78 is 2.38. The van der Waals surface area contributed by atoms with E-state index in [0.29, 0.717) is 21.1 Å². The molecule has 3 rings (SSSR count). The van der Waals surface area contributed by atoms with Crippen LogP contribution in [0.1, 0.15) is 5.56 Å². The molecule has 0 radical (unpaired) electrons. The fraction of sp³-hybridized carbons (Fsp3) is 0.211. The van der Waals surface area contributed by atoms with E-state index >= 15 is 0 Å². The second kappa shape index (κ2) is 8.46. The number of thioether (sulfide) groups is 1. The Bertz CT molecular complexity index is 1070. The van der Waals surface area contributed by atoms with Crippen molar-refractivity contribution in [2.75, 3.05) is 19.8 Å². The van der Waals surface area contributed by atoms with Crippen LogP contribution >= 0.6 is 39.3 Å². The topological polar surface area (TPSA) is 55.2 Å². The molecule has 0 aliphatic carbocycles. The molecule has 0 bridgehead atoms. The number of hydrogen-bond donors (Lipinski definition) is 0. The van der Waals surface area contributed by atoms with E-state index in [1.165, 1.54) is 16.7 Å². The van der Waals surface area contributed by atoms with E-state index in [-0.39, 0.29) is 23.8 Å². The summed E-state index contributed by atoms with van der Waals surface area (Å²) in [6, 6.07) is 12.8. The number of carbonyl (C=O) groups is 1. The van der Waals surface area contributed by atoms with Gasteiger partial charge in [0.1, 0.15) is 0 Å². The van der Waals surface area contributed by atoms with Crippen molar-refractivity contribution in [3.05, 3.63) is 67.9 Å². The summed E-state index contributed by atoms with van der Waals surface area (Å²) in [7, 11) is 3.40. The molecule has 3 aromatic rings. The number of hydrogen-bond acceptors (Lipinski definition) is 4. The average molecular weight is 467 g/mol. The number of amides is 1. The fourth-order valence-corrected chi connectivity index (χ4v) is 4.01. The summed E-state index contributed by atoms with van der Waals surface area (Å²) in [6.45, 7) is 0.284. The van der Waals surface area contributed by atoms with Gasteiger partial charge in [-0.05, 0) is 29.8 Å². The summed E-state index contributed by atoms with van der Waals surface area (Å²) >= 11 is 10.9. The van der Waals surface area contributed by atoms with Gasteiger partial charge in [0.05, 0.1) is 23.2 Å². The van der Waals surface area contributed by atoms with Crippen LogP contribution in [0, 0.1) is 0 Å². The summed E-state index contributed by atoms with van der Waals surface area (Å²) in [5, 5.41) is 1.59. The Morgan fingerprint density at radius 1 is 1.26 bits per heavy atom. The first-order valence-corrected chi connectivity index (χ1v) is 10.3. The fourth-order valence-electron chi connectivity index (χ4n) is 2.47. The highest BCUT2D eigenvalue weighted by molar-refractivity contribution is 9.10. The zero-order chi connectivity index (χ0) is 19.6. The molecule has 0 saturated heterocycles. The van der Waals surface area contributed by atoms with Crippen LogP contribution in [-0.2, 0) is 11.3 Å². The summed E-state index contributed by atoms with van der Waals surface area (Å²) in [5.74, 6) is 0.152. The first-order chi connectivity index (χ1) is 12.9. The Hall–Kier alpha value is -1.83. The summed E-state index contributed by atoms with van der Waals surface area (Å²) in [6.07, 6.45) is 0. The maximum atomic E-state index is 13.1. The van der Waals surface area contributed by atoms with E-state index in [1.807, 2.05) is 24.3 Å². The highest BCUT2D eigenvalue weighted by Crippen LogP contribution is 2.23. The zero-order valence-electron chi connectivity index (χ0n) is 14.8. The minimum atomic E-state index is -0.166. The monoisotopic (exact) mass is 465 g/mol. The van der Waals surface area contributed by atoms with Gasteiger partial charge in [-0.2, -0.15) is 0 Å². The molecule has 27 heavy (non-hydrogen) atoms. The van der Waals surface area contributed by atoms with E-state index < -0.39 is 0 Å². The predicted octanol–water partition coefficient (Wildman–Crippen LogP) is 4.04. The molecule has 0 fully saturated rings. The number of halogens is 2.